The Kier molecular flexibility index (Phi) is 7.82. The second-order valence-corrected chi connectivity index (χ2v) is 8.84. The van der Waals surface area contributed by atoms with Crippen LogP contribution < -0.4 is 4.74 Å². The molecule has 0 radical (unpaired) electrons. The van der Waals surface area contributed by atoms with Gasteiger partial charge in [0.2, 0.25) is 0 Å². The quantitative estimate of drug-likeness (QED) is 0.535. The summed E-state index contributed by atoms with van der Waals surface area (Å²) in [6.45, 7) is 6.60. The zero-order chi connectivity index (χ0) is 22.3. The standard InChI is InChI=1S/C27H31ClN2O2/c1-21-18-25(12-13-26(21)28)32-20-24(31)19-29-14-16-30(17-15-29)27(22-8-4-2-5-9-22)23-10-6-3-7-11-23/h2-13,18,24,27,31H,14-17,19-20H2,1H3. The highest BCUT2D eigenvalue weighted by atomic mass is 35.5. The lowest BCUT2D eigenvalue weighted by molar-refractivity contribution is 0.0401. The third-order valence-corrected chi connectivity index (χ3v) is 6.47. The van der Waals surface area contributed by atoms with Crippen LogP contribution in [0.5, 0.6) is 5.75 Å². The molecule has 5 heteroatoms. The third kappa shape index (κ3) is 5.90. The van der Waals surface area contributed by atoms with Crippen molar-refractivity contribution in [1.82, 2.24) is 9.80 Å². The Morgan fingerprint density at radius 1 is 0.875 bits per heavy atom. The molecule has 0 aliphatic carbocycles. The average molecular weight is 451 g/mol. The Morgan fingerprint density at radius 3 is 2.03 bits per heavy atom. The summed E-state index contributed by atoms with van der Waals surface area (Å²) in [5.41, 5.74) is 3.61. The fourth-order valence-electron chi connectivity index (χ4n) is 4.34. The van der Waals surface area contributed by atoms with E-state index in [1.807, 2.05) is 25.1 Å². The van der Waals surface area contributed by atoms with E-state index in [0.717, 1.165) is 42.5 Å². The zero-order valence-electron chi connectivity index (χ0n) is 18.5. The topological polar surface area (TPSA) is 35.9 Å². The molecule has 1 aliphatic rings. The van der Waals surface area contributed by atoms with Crippen LogP contribution in [-0.4, -0.2) is 60.3 Å². The summed E-state index contributed by atoms with van der Waals surface area (Å²) in [5.74, 6) is 0.740. The molecule has 0 saturated carbocycles. The molecular formula is C27H31ClN2O2. The predicted molar refractivity (Wildman–Crippen MR) is 130 cm³/mol. The van der Waals surface area contributed by atoms with E-state index in [2.05, 4.69) is 70.5 Å². The van der Waals surface area contributed by atoms with Gasteiger partial charge in [-0.05, 0) is 41.8 Å². The first-order chi connectivity index (χ1) is 15.6. The highest BCUT2D eigenvalue weighted by molar-refractivity contribution is 6.31. The molecule has 32 heavy (non-hydrogen) atoms. The van der Waals surface area contributed by atoms with Crippen LogP contribution in [0, 0.1) is 6.92 Å². The number of benzene rings is 3. The van der Waals surface area contributed by atoms with Crippen molar-refractivity contribution in [2.75, 3.05) is 39.3 Å². The van der Waals surface area contributed by atoms with E-state index in [9.17, 15) is 5.11 Å². The van der Waals surface area contributed by atoms with Crippen molar-refractivity contribution in [3.8, 4) is 5.75 Å². The molecular weight excluding hydrogens is 420 g/mol. The fraction of sp³-hybridized carbons (Fsp3) is 0.333. The number of nitrogens with zero attached hydrogens (tertiary/aromatic N) is 2. The molecule has 4 nitrogen and oxygen atoms in total. The molecule has 0 amide bonds. The number of ether oxygens (including phenoxy) is 1. The minimum atomic E-state index is -0.531. The minimum Gasteiger partial charge on any atom is -0.491 e. The Balaban J connectivity index is 1.32. The SMILES string of the molecule is Cc1cc(OCC(O)CN2CCN(C(c3ccccc3)c3ccccc3)CC2)ccc1Cl. The normalized spacial score (nSPS) is 16.2. The molecule has 4 rings (SSSR count). The molecule has 0 spiro atoms. The molecule has 1 unspecified atom stereocenters. The van der Waals surface area contributed by atoms with Crippen molar-refractivity contribution < 1.29 is 9.84 Å². The molecule has 3 aromatic rings. The minimum absolute atomic E-state index is 0.251. The summed E-state index contributed by atoms with van der Waals surface area (Å²) >= 11 is 6.07. The van der Waals surface area contributed by atoms with Gasteiger partial charge in [-0.25, -0.2) is 0 Å². The number of aliphatic hydroxyl groups is 1. The van der Waals surface area contributed by atoms with Gasteiger partial charge in [-0.3, -0.25) is 9.80 Å². The number of rotatable bonds is 8. The smallest absolute Gasteiger partial charge is 0.119 e. The Hall–Kier alpha value is -2.37. The molecule has 1 atom stereocenters. The predicted octanol–water partition coefficient (Wildman–Crippen LogP) is 4.80. The van der Waals surface area contributed by atoms with Gasteiger partial charge in [-0.2, -0.15) is 0 Å². The Morgan fingerprint density at radius 2 is 1.47 bits per heavy atom. The van der Waals surface area contributed by atoms with E-state index in [0.29, 0.717) is 6.54 Å². The lowest BCUT2D eigenvalue weighted by Crippen LogP contribution is -2.50. The molecule has 1 aliphatic heterocycles. The molecule has 1 saturated heterocycles. The van der Waals surface area contributed by atoms with Crippen LogP contribution in [0.4, 0.5) is 0 Å². The zero-order valence-corrected chi connectivity index (χ0v) is 19.3. The van der Waals surface area contributed by atoms with Crippen molar-refractivity contribution in [3.05, 3.63) is 101 Å². The van der Waals surface area contributed by atoms with Gasteiger partial charge in [0.05, 0.1) is 6.04 Å². The van der Waals surface area contributed by atoms with Crippen molar-refractivity contribution in [3.63, 3.8) is 0 Å². The number of β-amino-alcohol motifs (C(OH)–C–C–N with tert-alkyl or cyclic N) is 1. The number of halogens is 1. The van der Waals surface area contributed by atoms with Gasteiger partial charge in [0.25, 0.3) is 0 Å². The van der Waals surface area contributed by atoms with Gasteiger partial charge in [0.1, 0.15) is 18.5 Å². The molecule has 3 aromatic carbocycles. The summed E-state index contributed by atoms with van der Waals surface area (Å²) in [7, 11) is 0. The van der Waals surface area contributed by atoms with Gasteiger partial charge in [0.15, 0.2) is 0 Å². The Labute approximate surface area is 196 Å². The van der Waals surface area contributed by atoms with Crippen LogP contribution in [0.3, 0.4) is 0 Å². The van der Waals surface area contributed by atoms with Crippen LogP contribution in [0.1, 0.15) is 22.7 Å². The number of hydrogen-bond acceptors (Lipinski definition) is 4. The number of aliphatic hydroxyl groups excluding tert-OH is 1. The summed E-state index contributed by atoms with van der Waals surface area (Å²) < 4.78 is 5.77. The van der Waals surface area contributed by atoms with Gasteiger partial charge in [0, 0.05) is 37.7 Å². The molecule has 0 aromatic heterocycles. The number of aryl methyl sites for hydroxylation is 1. The van der Waals surface area contributed by atoms with E-state index in [1.54, 1.807) is 0 Å². The van der Waals surface area contributed by atoms with E-state index in [1.165, 1.54) is 11.1 Å². The van der Waals surface area contributed by atoms with Crippen molar-refractivity contribution in [2.45, 2.75) is 19.1 Å². The van der Waals surface area contributed by atoms with Crippen LogP contribution in [0.15, 0.2) is 78.9 Å². The summed E-state index contributed by atoms with van der Waals surface area (Å²) in [6.07, 6.45) is -0.531. The van der Waals surface area contributed by atoms with Crippen LogP contribution in [0.25, 0.3) is 0 Å². The summed E-state index contributed by atoms with van der Waals surface area (Å²) in [4.78, 5) is 4.87. The van der Waals surface area contributed by atoms with Crippen LogP contribution in [0.2, 0.25) is 5.02 Å². The highest BCUT2D eigenvalue weighted by Gasteiger charge is 2.27. The highest BCUT2D eigenvalue weighted by Crippen LogP contribution is 2.29. The maximum absolute atomic E-state index is 10.5. The van der Waals surface area contributed by atoms with E-state index in [4.69, 9.17) is 16.3 Å². The molecule has 1 N–H and O–H groups in total. The Bertz CT molecular complexity index is 936. The van der Waals surface area contributed by atoms with Crippen molar-refractivity contribution in [1.29, 1.82) is 0 Å². The van der Waals surface area contributed by atoms with Crippen molar-refractivity contribution in [2.24, 2.45) is 0 Å². The third-order valence-electron chi connectivity index (χ3n) is 6.04. The maximum Gasteiger partial charge on any atom is 0.119 e. The summed E-state index contributed by atoms with van der Waals surface area (Å²) in [5, 5.41) is 11.2. The molecule has 1 heterocycles. The fourth-order valence-corrected chi connectivity index (χ4v) is 4.46. The second kappa shape index (κ2) is 11.0. The molecule has 168 valence electrons. The monoisotopic (exact) mass is 450 g/mol. The number of hydrogen-bond donors (Lipinski definition) is 1. The molecule has 0 bridgehead atoms. The second-order valence-electron chi connectivity index (χ2n) is 8.44. The van der Waals surface area contributed by atoms with Gasteiger partial charge < -0.3 is 9.84 Å². The number of piperazine rings is 1. The van der Waals surface area contributed by atoms with E-state index < -0.39 is 6.10 Å². The average Bonchev–Trinajstić information content (AvgIpc) is 2.83. The first kappa shape index (κ1) is 22.8. The van der Waals surface area contributed by atoms with Crippen molar-refractivity contribution >= 4 is 11.6 Å². The van der Waals surface area contributed by atoms with E-state index in [-0.39, 0.29) is 12.6 Å². The maximum atomic E-state index is 10.5. The summed E-state index contributed by atoms with van der Waals surface area (Å²) in [6, 6.07) is 27.3. The van der Waals surface area contributed by atoms with Gasteiger partial charge in [-0.1, -0.05) is 72.3 Å². The van der Waals surface area contributed by atoms with E-state index >= 15 is 0 Å². The lowest BCUT2D eigenvalue weighted by atomic mass is 9.96. The van der Waals surface area contributed by atoms with Gasteiger partial charge in [-0.15, -0.1) is 0 Å². The first-order valence-corrected chi connectivity index (χ1v) is 11.6. The largest absolute Gasteiger partial charge is 0.491 e. The van der Waals surface area contributed by atoms with Crippen LogP contribution in [-0.2, 0) is 0 Å². The first-order valence-electron chi connectivity index (χ1n) is 11.2. The lowest BCUT2D eigenvalue weighted by Gasteiger charge is -2.40. The van der Waals surface area contributed by atoms with Crippen LogP contribution >= 0.6 is 11.6 Å². The molecule has 1 fully saturated rings. The van der Waals surface area contributed by atoms with Gasteiger partial charge >= 0.3 is 0 Å².